The third-order valence-corrected chi connectivity index (χ3v) is 4.90. The number of ketones is 1. The Labute approximate surface area is 192 Å². The predicted octanol–water partition coefficient (Wildman–Crippen LogP) is 5.16. The van der Waals surface area contributed by atoms with Gasteiger partial charge in [0.15, 0.2) is 5.78 Å². The van der Waals surface area contributed by atoms with Crippen molar-refractivity contribution in [2.24, 2.45) is 0 Å². The largest absolute Gasteiger partial charge is 0.497 e. The van der Waals surface area contributed by atoms with E-state index in [0.717, 1.165) is 5.56 Å². The zero-order chi connectivity index (χ0) is 24.0. The molecule has 0 aliphatic carbocycles. The number of rotatable bonds is 8. The van der Waals surface area contributed by atoms with E-state index in [0.29, 0.717) is 16.9 Å². The van der Waals surface area contributed by atoms with Crippen LogP contribution in [0.4, 0.5) is 5.88 Å². The first-order valence-corrected chi connectivity index (χ1v) is 10.4. The molecule has 1 heterocycles. The average molecular weight is 447 g/mol. The third-order valence-electron chi connectivity index (χ3n) is 4.90. The van der Waals surface area contributed by atoms with Gasteiger partial charge in [-0.05, 0) is 50.1 Å². The van der Waals surface area contributed by atoms with Gasteiger partial charge in [-0.15, -0.1) is 0 Å². The Kier molecular flexibility index (Phi) is 7.46. The first-order chi connectivity index (χ1) is 15.8. The third kappa shape index (κ3) is 5.38. The van der Waals surface area contributed by atoms with Gasteiger partial charge >= 0.3 is 5.97 Å². The van der Waals surface area contributed by atoms with Crippen molar-refractivity contribution in [3.05, 3.63) is 82.6 Å². The van der Waals surface area contributed by atoms with Crippen molar-refractivity contribution < 1.29 is 28.3 Å². The van der Waals surface area contributed by atoms with Crippen LogP contribution in [0, 0.1) is 6.92 Å². The molecular formula is C26H25NO6. The van der Waals surface area contributed by atoms with Crippen LogP contribution < -0.4 is 10.1 Å². The SMILES string of the molecule is CCOC(=O)c1c(NC(=O)/C(=C/c2ccc(OC)cc2)c2ccccc2)oc(C)c1C(C)=O. The van der Waals surface area contributed by atoms with Gasteiger partial charge in [-0.3, -0.25) is 14.9 Å². The van der Waals surface area contributed by atoms with Crippen LogP contribution in [-0.2, 0) is 9.53 Å². The van der Waals surface area contributed by atoms with Gasteiger partial charge in [0.1, 0.15) is 17.1 Å². The van der Waals surface area contributed by atoms with Crippen LogP contribution in [0.25, 0.3) is 11.6 Å². The van der Waals surface area contributed by atoms with Gasteiger partial charge in [-0.1, -0.05) is 42.5 Å². The molecule has 7 heteroatoms. The van der Waals surface area contributed by atoms with Gasteiger partial charge in [-0.2, -0.15) is 0 Å². The van der Waals surface area contributed by atoms with E-state index in [4.69, 9.17) is 13.9 Å². The fourth-order valence-corrected chi connectivity index (χ4v) is 3.39. The topological polar surface area (TPSA) is 94.8 Å². The molecule has 0 saturated carbocycles. The Morgan fingerprint density at radius 2 is 1.67 bits per heavy atom. The van der Waals surface area contributed by atoms with Gasteiger partial charge in [0, 0.05) is 5.57 Å². The Balaban J connectivity index is 2.04. The molecule has 3 aromatic rings. The molecule has 0 atom stereocenters. The summed E-state index contributed by atoms with van der Waals surface area (Å²) in [5.41, 5.74) is 1.78. The van der Waals surface area contributed by atoms with Gasteiger partial charge in [-0.25, -0.2) is 4.79 Å². The number of methoxy groups -OCH3 is 1. The summed E-state index contributed by atoms with van der Waals surface area (Å²) < 4.78 is 15.9. The molecule has 0 bridgehead atoms. The number of carbonyl (C=O) groups is 3. The number of hydrogen-bond acceptors (Lipinski definition) is 6. The first-order valence-electron chi connectivity index (χ1n) is 10.4. The monoisotopic (exact) mass is 447 g/mol. The molecule has 0 aliphatic heterocycles. The molecule has 0 aliphatic rings. The van der Waals surface area contributed by atoms with E-state index < -0.39 is 11.9 Å². The van der Waals surface area contributed by atoms with Crippen molar-refractivity contribution in [2.75, 3.05) is 19.0 Å². The number of benzene rings is 2. The van der Waals surface area contributed by atoms with Crippen molar-refractivity contribution >= 4 is 35.2 Å². The molecule has 3 rings (SSSR count). The lowest BCUT2D eigenvalue weighted by molar-refractivity contribution is -0.111. The van der Waals surface area contributed by atoms with Crippen LogP contribution in [0.3, 0.4) is 0 Å². The summed E-state index contributed by atoms with van der Waals surface area (Å²) in [6, 6.07) is 16.3. The van der Waals surface area contributed by atoms with E-state index in [2.05, 4.69) is 5.32 Å². The minimum absolute atomic E-state index is 0.0872. The summed E-state index contributed by atoms with van der Waals surface area (Å²) in [6.45, 7) is 4.65. The fraction of sp³-hybridized carbons (Fsp3) is 0.192. The number of hydrogen-bond donors (Lipinski definition) is 1. The summed E-state index contributed by atoms with van der Waals surface area (Å²) in [7, 11) is 1.58. The highest BCUT2D eigenvalue weighted by Gasteiger charge is 2.29. The van der Waals surface area contributed by atoms with Crippen LogP contribution in [0.15, 0.2) is 59.0 Å². The van der Waals surface area contributed by atoms with E-state index in [9.17, 15) is 14.4 Å². The number of furan rings is 1. The zero-order valence-electron chi connectivity index (χ0n) is 18.9. The first kappa shape index (κ1) is 23.5. The quantitative estimate of drug-likeness (QED) is 0.222. The van der Waals surface area contributed by atoms with Gasteiger partial charge in [0.2, 0.25) is 5.88 Å². The predicted molar refractivity (Wildman–Crippen MR) is 125 cm³/mol. The Hall–Kier alpha value is -4.13. The van der Waals surface area contributed by atoms with E-state index in [-0.39, 0.29) is 35.2 Å². The maximum atomic E-state index is 13.4. The molecule has 170 valence electrons. The molecule has 33 heavy (non-hydrogen) atoms. The van der Waals surface area contributed by atoms with Gasteiger partial charge < -0.3 is 13.9 Å². The molecule has 2 aromatic carbocycles. The molecule has 0 unspecified atom stereocenters. The van der Waals surface area contributed by atoms with Crippen LogP contribution in [-0.4, -0.2) is 31.4 Å². The molecule has 0 fully saturated rings. The number of ether oxygens (including phenoxy) is 2. The molecule has 0 radical (unpaired) electrons. The standard InChI is InChI=1S/C26H25NO6/c1-5-32-26(30)23-22(16(2)28)17(3)33-25(23)27-24(29)21(19-9-7-6-8-10-19)15-18-11-13-20(31-4)14-12-18/h6-15H,5H2,1-4H3,(H,27,29)/b21-15+. The summed E-state index contributed by atoms with van der Waals surface area (Å²) in [6.07, 6.45) is 1.72. The Bertz CT molecular complexity index is 1190. The number of nitrogens with one attached hydrogen (secondary N) is 1. The van der Waals surface area contributed by atoms with Crippen LogP contribution in [0.2, 0.25) is 0 Å². The molecule has 0 spiro atoms. The highest BCUT2D eigenvalue weighted by Crippen LogP contribution is 2.30. The smallest absolute Gasteiger partial charge is 0.344 e. The minimum atomic E-state index is -0.741. The van der Waals surface area contributed by atoms with Crippen molar-refractivity contribution in [3.8, 4) is 5.75 Å². The molecular weight excluding hydrogens is 422 g/mol. The number of carbonyl (C=O) groups excluding carboxylic acids is 3. The summed E-state index contributed by atoms with van der Waals surface area (Å²) in [5.74, 6) is -0.822. The number of amides is 1. The Morgan fingerprint density at radius 1 is 1.00 bits per heavy atom. The Morgan fingerprint density at radius 3 is 2.24 bits per heavy atom. The molecule has 7 nitrogen and oxygen atoms in total. The van der Waals surface area contributed by atoms with E-state index in [1.807, 2.05) is 30.3 Å². The lowest BCUT2D eigenvalue weighted by Gasteiger charge is -2.10. The van der Waals surface area contributed by atoms with Crippen LogP contribution in [0.1, 0.15) is 51.5 Å². The lowest BCUT2D eigenvalue weighted by atomic mass is 10.0. The van der Waals surface area contributed by atoms with Crippen LogP contribution in [0.5, 0.6) is 5.75 Å². The number of esters is 1. The van der Waals surface area contributed by atoms with E-state index >= 15 is 0 Å². The van der Waals surface area contributed by atoms with Crippen molar-refractivity contribution in [1.82, 2.24) is 0 Å². The summed E-state index contributed by atoms with van der Waals surface area (Å²) >= 11 is 0. The number of anilines is 1. The summed E-state index contributed by atoms with van der Waals surface area (Å²) in [5, 5.41) is 2.66. The fourth-order valence-electron chi connectivity index (χ4n) is 3.39. The number of aryl methyl sites for hydroxylation is 1. The normalized spacial score (nSPS) is 11.1. The van der Waals surface area contributed by atoms with Gasteiger partial charge in [0.05, 0.1) is 19.3 Å². The van der Waals surface area contributed by atoms with E-state index in [1.54, 1.807) is 51.3 Å². The second kappa shape index (κ2) is 10.5. The second-order valence-corrected chi connectivity index (χ2v) is 7.17. The highest BCUT2D eigenvalue weighted by atomic mass is 16.5. The maximum absolute atomic E-state index is 13.4. The number of Topliss-reactive ketones (excluding diaryl/α,β-unsaturated/α-hetero) is 1. The highest BCUT2D eigenvalue weighted by molar-refractivity contribution is 6.29. The summed E-state index contributed by atoms with van der Waals surface area (Å²) in [4.78, 5) is 38.1. The average Bonchev–Trinajstić information content (AvgIpc) is 3.14. The molecule has 1 N–H and O–H groups in total. The molecule has 1 amide bonds. The molecule has 1 aromatic heterocycles. The second-order valence-electron chi connectivity index (χ2n) is 7.17. The lowest BCUT2D eigenvalue weighted by Crippen LogP contribution is -2.17. The van der Waals surface area contributed by atoms with Gasteiger partial charge in [0.25, 0.3) is 5.91 Å². The minimum Gasteiger partial charge on any atom is -0.497 e. The van der Waals surface area contributed by atoms with Crippen molar-refractivity contribution in [3.63, 3.8) is 0 Å². The van der Waals surface area contributed by atoms with E-state index in [1.165, 1.54) is 6.92 Å². The van der Waals surface area contributed by atoms with Crippen LogP contribution >= 0.6 is 0 Å². The zero-order valence-corrected chi connectivity index (χ0v) is 18.9. The van der Waals surface area contributed by atoms with Crippen molar-refractivity contribution in [1.29, 1.82) is 0 Å². The molecule has 0 saturated heterocycles. The van der Waals surface area contributed by atoms with Crippen molar-refractivity contribution in [2.45, 2.75) is 20.8 Å². The maximum Gasteiger partial charge on any atom is 0.344 e.